The molecule has 2 aliphatic carbocycles. The van der Waals surface area contributed by atoms with Crippen LogP contribution in [-0.4, -0.2) is 70.5 Å². The minimum atomic E-state index is -4.04. The molecular weight excluding hydrogens is 338 g/mol. The number of hydrogen-bond donors (Lipinski definition) is 6. The molecule has 2 aliphatic rings. The predicted molar refractivity (Wildman–Crippen MR) is 82.3 cm³/mol. The third-order valence-corrected chi connectivity index (χ3v) is 6.56. The van der Waals surface area contributed by atoms with E-state index in [9.17, 15) is 34.0 Å². The smallest absolute Gasteiger partial charge is 0.240 e. The van der Waals surface area contributed by atoms with Crippen LogP contribution >= 0.6 is 0 Å². The van der Waals surface area contributed by atoms with Crippen molar-refractivity contribution in [1.82, 2.24) is 4.72 Å². The zero-order valence-corrected chi connectivity index (χ0v) is 13.7. The van der Waals surface area contributed by atoms with E-state index < -0.39 is 58.4 Å². The molecule has 0 amide bonds. The van der Waals surface area contributed by atoms with E-state index in [-0.39, 0.29) is 4.90 Å². The van der Waals surface area contributed by atoms with E-state index in [1.807, 2.05) is 0 Å². The first-order chi connectivity index (χ1) is 11.1. The summed E-state index contributed by atoms with van der Waals surface area (Å²) >= 11 is 0. The van der Waals surface area contributed by atoms with Gasteiger partial charge in [-0.25, -0.2) is 13.1 Å². The van der Waals surface area contributed by atoms with E-state index in [1.54, 1.807) is 19.1 Å². The molecule has 0 saturated heterocycles. The molecule has 134 valence electrons. The number of hydrogen-bond acceptors (Lipinski definition) is 7. The standard InChI is InChI=1S/C15H21NO7S/c1-6-2-4-7(5-3-6)24(22,23)16-10-11(17)8-9(13(19)12(8)18)14(20)15(10)21/h2-5,8-21H,1H3/t8-,9-,10+,11+,12+,13+,14-,15+/m1/s1. The van der Waals surface area contributed by atoms with Gasteiger partial charge in [-0.05, 0) is 19.1 Å². The van der Waals surface area contributed by atoms with Crippen molar-refractivity contribution in [3.63, 3.8) is 0 Å². The third-order valence-electron chi connectivity index (χ3n) is 5.08. The van der Waals surface area contributed by atoms with Crippen LogP contribution in [0.5, 0.6) is 0 Å². The van der Waals surface area contributed by atoms with E-state index >= 15 is 0 Å². The van der Waals surface area contributed by atoms with Crippen LogP contribution < -0.4 is 4.72 Å². The number of rotatable bonds is 3. The van der Waals surface area contributed by atoms with Crippen LogP contribution in [0, 0.1) is 18.8 Å². The van der Waals surface area contributed by atoms with Gasteiger partial charge >= 0.3 is 0 Å². The van der Waals surface area contributed by atoms with Crippen molar-refractivity contribution in [3.05, 3.63) is 29.8 Å². The molecule has 1 aromatic carbocycles. The number of sulfonamides is 1. The van der Waals surface area contributed by atoms with Gasteiger partial charge in [0, 0.05) is 11.8 Å². The van der Waals surface area contributed by atoms with Gasteiger partial charge in [0.1, 0.15) is 0 Å². The fraction of sp³-hybridized carbons (Fsp3) is 0.600. The second kappa shape index (κ2) is 6.03. The summed E-state index contributed by atoms with van der Waals surface area (Å²) in [7, 11) is -4.04. The second-order valence-corrected chi connectivity index (χ2v) is 8.28. The fourth-order valence-electron chi connectivity index (χ4n) is 3.61. The Balaban J connectivity index is 1.85. The van der Waals surface area contributed by atoms with E-state index in [4.69, 9.17) is 0 Å². The van der Waals surface area contributed by atoms with Crippen molar-refractivity contribution in [2.45, 2.75) is 48.4 Å². The van der Waals surface area contributed by atoms with Crippen molar-refractivity contribution in [3.8, 4) is 0 Å². The zero-order valence-electron chi connectivity index (χ0n) is 12.9. The van der Waals surface area contributed by atoms with Gasteiger partial charge in [-0.3, -0.25) is 0 Å². The number of benzene rings is 1. The highest BCUT2D eigenvalue weighted by Crippen LogP contribution is 2.46. The van der Waals surface area contributed by atoms with Gasteiger partial charge < -0.3 is 25.5 Å². The average molecular weight is 359 g/mol. The Morgan fingerprint density at radius 2 is 1.25 bits per heavy atom. The molecule has 3 rings (SSSR count). The Labute approximate surface area is 139 Å². The Morgan fingerprint density at radius 3 is 1.79 bits per heavy atom. The molecule has 0 spiro atoms. The first-order valence-electron chi connectivity index (χ1n) is 7.64. The van der Waals surface area contributed by atoms with Gasteiger partial charge in [0.2, 0.25) is 10.0 Å². The lowest BCUT2D eigenvalue weighted by Crippen LogP contribution is -2.75. The predicted octanol–water partition coefficient (Wildman–Crippen LogP) is -2.29. The SMILES string of the molecule is Cc1ccc(S(=O)(=O)N[C@@H]2[C@H](O)[C@H](O)[C@H]3[C@H](O)[C@@H](O)[C@H]3[C@@H]2O)cc1. The lowest BCUT2D eigenvalue weighted by Gasteiger charge is -2.57. The largest absolute Gasteiger partial charge is 0.391 e. The average Bonchev–Trinajstić information content (AvgIpc) is 2.54. The second-order valence-electron chi connectivity index (χ2n) is 6.57. The number of aryl methyl sites for hydroxylation is 1. The summed E-state index contributed by atoms with van der Waals surface area (Å²) < 4.78 is 27.1. The summed E-state index contributed by atoms with van der Waals surface area (Å²) in [5.74, 6) is -1.81. The first kappa shape index (κ1) is 17.7. The van der Waals surface area contributed by atoms with Crippen LogP contribution in [0.3, 0.4) is 0 Å². The highest BCUT2D eigenvalue weighted by molar-refractivity contribution is 7.89. The molecule has 8 nitrogen and oxygen atoms in total. The summed E-state index contributed by atoms with van der Waals surface area (Å²) in [6, 6.07) is 4.61. The van der Waals surface area contributed by atoms with Gasteiger partial charge in [-0.1, -0.05) is 17.7 Å². The van der Waals surface area contributed by atoms with Crippen LogP contribution in [0.2, 0.25) is 0 Å². The van der Waals surface area contributed by atoms with Gasteiger partial charge in [-0.2, -0.15) is 0 Å². The Kier molecular flexibility index (Phi) is 4.45. The maximum atomic E-state index is 12.4. The number of aliphatic hydroxyl groups is 5. The molecule has 2 saturated carbocycles. The van der Waals surface area contributed by atoms with Crippen LogP contribution in [0.1, 0.15) is 5.56 Å². The molecule has 9 heteroatoms. The number of aliphatic hydroxyl groups excluding tert-OH is 5. The highest BCUT2D eigenvalue weighted by Gasteiger charge is 2.63. The van der Waals surface area contributed by atoms with Crippen LogP contribution in [0.4, 0.5) is 0 Å². The monoisotopic (exact) mass is 359 g/mol. The van der Waals surface area contributed by atoms with Crippen LogP contribution in [0.15, 0.2) is 29.2 Å². The van der Waals surface area contributed by atoms with E-state index in [1.165, 1.54) is 12.1 Å². The third kappa shape index (κ3) is 2.66. The molecule has 6 N–H and O–H groups in total. The Morgan fingerprint density at radius 1 is 0.792 bits per heavy atom. The molecule has 0 aliphatic heterocycles. The molecule has 0 unspecified atom stereocenters. The van der Waals surface area contributed by atoms with Crippen molar-refractivity contribution in [1.29, 1.82) is 0 Å². The van der Waals surface area contributed by atoms with Gasteiger partial charge in [0.25, 0.3) is 0 Å². The molecule has 24 heavy (non-hydrogen) atoms. The fourth-order valence-corrected chi connectivity index (χ4v) is 4.88. The van der Waals surface area contributed by atoms with Crippen molar-refractivity contribution >= 4 is 10.0 Å². The van der Waals surface area contributed by atoms with E-state index in [0.29, 0.717) is 0 Å². The van der Waals surface area contributed by atoms with Gasteiger partial charge in [0.05, 0.1) is 41.5 Å². The minimum absolute atomic E-state index is 0.0432. The lowest BCUT2D eigenvalue weighted by molar-refractivity contribution is -0.263. The van der Waals surface area contributed by atoms with E-state index in [0.717, 1.165) is 5.56 Å². The molecule has 0 heterocycles. The van der Waals surface area contributed by atoms with Gasteiger partial charge in [-0.15, -0.1) is 0 Å². The van der Waals surface area contributed by atoms with Crippen LogP contribution in [0.25, 0.3) is 0 Å². The van der Waals surface area contributed by atoms with Crippen molar-refractivity contribution in [2.24, 2.45) is 11.8 Å². The van der Waals surface area contributed by atoms with Crippen molar-refractivity contribution < 1.29 is 34.0 Å². The Hall–Kier alpha value is -1.07. The topological polar surface area (TPSA) is 147 Å². The summed E-state index contributed by atoms with van der Waals surface area (Å²) in [6.07, 6.45) is -7.04. The van der Waals surface area contributed by atoms with E-state index in [2.05, 4.69) is 4.72 Å². The summed E-state index contributed by atoms with van der Waals surface area (Å²) in [6.45, 7) is 1.80. The molecular formula is C15H21NO7S. The number of nitrogens with one attached hydrogen (secondary N) is 1. The molecule has 2 fully saturated rings. The minimum Gasteiger partial charge on any atom is -0.391 e. The zero-order chi connectivity index (χ0) is 17.8. The quantitative estimate of drug-likeness (QED) is 0.356. The normalized spacial score (nSPS) is 42.2. The molecule has 1 aromatic rings. The first-order valence-corrected chi connectivity index (χ1v) is 9.13. The number of fused-ring (bicyclic) bond motifs is 1. The summed E-state index contributed by atoms with van der Waals surface area (Å²) in [4.78, 5) is -0.0432. The summed E-state index contributed by atoms with van der Waals surface area (Å²) in [5, 5.41) is 50.0. The highest BCUT2D eigenvalue weighted by atomic mass is 32.2. The maximum absolute atomic E-state index is 12.4. The molecule has 0 radical (unpaired) electrons. The molecule has 0 bridgehead atoms. The maximum Gasteiger partial charge on any atom is 0.240 e. The lowest BCUT2D eigenvalue weighted by atomic mass is 9.57. The molecule has 0 aromatic heterocycles. The van der Waals surface area contributed by atoms with Gasteiger partial charge in [0.15, 0.2) is 0 Å². The van der Waals surface area contributed by atoms with Crippen molar-refractivity contribution in [2.75, 3.05) is 0 Å². The summed E-state index contributed by atoms with van der Waals surface area (Å²) in [5.41, 5.74) is 0.872. The van der Waals surface area contributed by atoms with Crippen LogP contribution in [-0.2, 0) is 10.0 Å². The Bertz CT molecular complexity index is 707. The molecule has 8 atom stereocenters.